The van der Waals surface area contributed by atoms with Crippen LogP contribution in [0.15, 0.2) is 55.3 Å². The smallest absolute Gasteiger partial charge is 0.256 e. The summed E-state index contributed by atoms with van der Waals surface area (Å²) in [7, 11) is 0. The number of anilines is 5. The molecule has 0 saturated carbocycles. The van der Waals surface area contributed by atoms with Gasteiger partial charge in [0.05, 0.1) is 0 Å². The topological polar surface area (TPSA) is 112 Å². The second-order valence-electron chi connectivity index (χ2n) is 9.66. The first-order valence-corrected chi connectivity index (χ1v) is 13.2. The van der Waals surface area contributed by atoms with Crippen LogP contribution >= 0.6 is 0 Å². The molecule has 0 unspecified atom stereocenters. The fourth-order valence-electron chi connectivity index (χ4n) is 4.99. The molecule has 1 amide bonds. The van der Waals surface area contributed by atoms with Gasteiger partial charge in [-0.05, 0) is 55.2 Å². The predicted molar refractivity (Wildman–Crippen MR) is 150 cm³/mol. The van der Waals surface area contributed by atoms with Crippen molar-refractivity contribution in [2.24, 2.45) is 0 Å². The summed E-state index contributed by atoms with van der Waals surface area (Å²) < 4.78 is 0. The molecule has 9 nitrogen and oxygen atoms in total. The highest BCUT2D eigenvalue weighted by Crippen LogP contribution is 2.35. The number of rotatable bonds is 9. The third kappa shape index (κ3) is 5.66. The number of fused-ring (bicyclic) bond motifs is 1. The van der Waals surface area contributed by atoms with Crippen molar-refractivity contribution >= 4 is 40.6 Å². The largest absolute Gasteiger partial charge is 0.371 e. The molecule has 1 aliphatic carbocycles. The standard InChI is InChI=1S/C29H33N7O2/c1-3-15-30-28(38)24-18-31-29(32-21-8-10-22(11-9-21)36-16-13-23(37)14-17-36)35-27(24)34-25-12-7-20-6-5-19(4-2)26(20)33-25/h3,7-12,18-19H,1,4-6,13-17H2,2H3,(H,30,38)(H2,31,32,33,34,35)/t19-/m0/s1. The Hall–Kier alpha value is -4.27. The lowest BCUT2D eigenvalue weighted by atomic mass is 10.0. The maximum absolute atomic E-state index is 12.8. The zero-order valence-corrected chi connectivity index (χ0v) is 21.7. The number of aryl methyl sites for hydroxylation is 1. The molecule has 1 atom stereocenters. The number of nitrogens with zero attached hydrogens (tertiary/aromatic N) is 4. The minimum Gasteiger partial charge on any atom is -0.371 e. The van der Waals surface area contributed by atoms with Crippen LogP contribution in [0.4, 0.5) is 29.0 Å². The molecule has 1 saturated heterocycles. The Kier molecular flexibility index (Phi) is 7.62. The molecule has 2 aromatic heterocycles. The maximum atomic E-state index is 12.8. The Bertz CT molecular complexity index is 1330. The van der Waals surface area contributed by atoms with E-state index >= 15 is 0 Å². The molecule has 3 heterocycles. The van der Waals surface area contributed by atoms with Crippen LogP contribution in [0.3, 0.4) is 0 Å². The normalized spacial score (nSPS) is 16.6. The molecule has 3 aromatic rings. The summed E-state index contributed by atoms with van der Waals surface area (Å²) in [5.41, 5.74) is 4.63. The minimum absolute atomic E-state index is 0.295. The monoisotopic (exact) mass is 511 g/mol. The summed E-state index contributed by atoms with van der Waals surface area (Å²) in [6.45, 7) is 7.68. The highest BCUT2D eigenvalue weighted by molar-refractivity contribution is 5.99. The quantitative estimate of drug-likeness (QED) is 0.349. The Morgan fingerprint density at radius 3 is 2.61 bits per heavy atom. The van der Waals surface area contributed by atoms with E-state index in [1.54, 1.807) is 6.08 Å². The van der Waals surface area contributed by atoms with Crippen molar-refractivity contribution < 1.29 is 9.59 Å². The number of piperidine rings is 1. The average Bonchev–Trinajstić information content (AvgIpc) is 3.35. The number of pyridine rings is 1. The molecule has 9 heteroatoms. The zero-order chi connectivity index (χ0) is 26.5. The summed E-state index contributed by atoms with van der Waals surface area (Å²) in [6, 6.07) is 12.0. The lowest BCUT2D eigenvalue weighted by Crippen LogP contribution is -2.33. The molecule has 3 N–H and O–H groups in total. The van der Waals surface area contributed by atoms with E-state index in [-0.39, 0.29) is 5.91 Å². The van der Waals surface area contributed by atoms with Gasteiger partial charge in [-0.3, -0.25) is 9.59 Å². The third-order valence-electron chi connectivity index (χ3n) is 7.15. The molecule has 196 valence electrons. The van der Waals surface area contributed by atoms with Gasteiger partial charge in [0.25, 0.3) is 5.91 Å². The van der Waals surface area contributed by atoms with Crippen LogP contribution in [-0.2, 0) is 11.2 Å². The van der Waals surface area contributed by atoms with Crippen molar-refractivity contribution in [3.8, 4) is 0 Å². The molecule has 5 rings (SSSR count). The van der Waals surface area contributed by atoms with E-state index in [9.17, 15) is 9.59 Å². The van der Waals surface area contributed by atoms with Crippen molar-refractivity contribution in [2.75, 3.05) is 35.2 Å². The Morgan fingerprint density at radius 1 is 1.08 bits per heavy atom. The van der Waals surface area contributed by atoms with Crippen molar-refractivity contribution in [1.82, 2.24) is 20.3 Å². The summed E-state index contributed by atoms with van der Waals surface area (Å²) >= 11 is 0. The molecule has 0 bridgehead atoms. The summed E-state index contributed by atoms with van der Waals surface area (Å²) in [5, 5.41) is 9.29. The van der Waals surface area contributed by atoms with Gasteiger partial charge in [-0.2, -0.15) is 4.98 Å². The van der Waals surface area contributed by atoms with Gasteiger partial charge >= 0.3 is 0 Å². The minimum atomic E-state index is -0.295. The molecular formula is C29H33N7O2. The summed E-state index contributed by atoms with van der Waals surface area (Å²) in [4.78, 5) is 40.5. The average molecular weight is 512 g/mol. The highest BCUT2D eigenvalue weighted by atomic mass is 16.1. The second-order valence-corrected chi connectivity index (χ2v) is 9.66. The first-order valence-electron chi connectivity index (χ1n) is 13.2. The molecule has 0 radical (unpaired) electrons. The second kappa shape index (κ2) is 11.4. The fourth-order valence-corrected chi connectivity index (χ4v) is 4.99. The molecule has 0 spiro atoms. The van der Waals surface area contributed by atoms with Gasteiger partial charge in [0.1, 0.15) is 23.0 Å². The van der Waals surface area contributed by atoms with Crippen LogP contribution in [0, 0.1) is 0 Å². The van der Waals surface area contributed by atoms with Crippen LogP contribution in [0.25, 0.3) is 0 Å². The number of ketones is 1. The molecule has 2 aliphatic rings. The Balaban J connectivity index is 1.37. The number of hydrogen-bond acceptors (Lipinski definition) is 8. The van der Waals surface area contributed by atoms with Crippen molar-refractivity contribution in [3.05, 3.63) is 72.1 Å². The first kappa shape index (κ1) is 25.4. The molecule has 1 fully saturated rings. The molecular weight excluding hydrogens is 478 g/mol. The first-order chi connectivity index (χ1) is 18.5. The lowest BCUT2D eigenvalue weighted by molar-refractivity contribution is -0.119. The number of carbonyl (C=O) groups is 2. The van der Waals surface area contributed by atoms with E-state index in [0.717, 1.165) is 49.4 Å². The third-order valence-corrected chi connectivity index (χ3v) is 7.15. The Labute approximate surface area is 222 Å². The van der Waals surface area contributed by atoms with E-state index in [0.29, 0.717) is 54.2 Å². The maximum Gasteiger partial charge on any atom is 0.256 e. The number of benzene rings is 1. The number of Topliss-reactive ketones (excluding diaryl/α,β-unsaturated/α-hetero) is 1. The van der Waals surface area contributed by atoms with Crippen LogP contribution in [-0.4, -0.2) is 46.3 Å². The van der Waals surface area contributed by atoms with Crippen molar-refractivity contribution in [3.63, 3.8) is 0 Å². The molecule has 38 heavy (non-hydrogen) atoms. The SMILES string of the molecule is C=CCNC(=O)c1cnc(Nc2ccc(N3CCC(=O)CC3)cc2)nc1Nc1ccc2c(n1)[C@@H](CC)CC2. The van der Waals surface area contributed by atoms with Crippen LogP contribution in [0.5, 0.6) is 0 Å². The number of amides is 1. The van der Waals surface area contributed by atoms with Crippen molar-refractivity contribution in [2.45, 2.75) is 44.9 Å². The zero-order valence-electron chi connectivity index (χ0n) is 21.7. The van der Waals surface area contributed by atoms with E-state index < -0.39 is 0 Å². The van der Waals surface area contributed by atoms with Crippen LogP contribution < -0.4 is 20.9 Å². The van der Waals surface area contributed by atoms with Crippen molar-refractivity contribution in [1.29, 1.82) is 0 Å². The number of nitrogens with one attached hydrogen (secondary N) is 3. The van der Waals surface area contributed by atoms with Gasteiger partial charge < -0.3 is 20.9 Å². The summed E-state index contributed by atoms with van der Waals surface area (Å²) in [6.07, 6.45) is 7.54. The fraction of sp³-hybridized carbons (Fsp3) is 0.345. The molecule has 1 aromatic carbocycles. The van der Waals surface area contributed by atoms with Crippen LogP contribution in [0.2, 0.25) is 0 Å². The number of aromatic nitrogens is 3. The highest BCUT2D eigenvalue weighted by Gasteiger charge is 2.23. The Morgan fingerprint density at radius 2 is 1.87 bits per heavy atom. The van der Waals surface area contributed by atoms with E-state index in [1.165, 1.54) is 11.8 Å². The lowest BCUT2D eigenvalue weighted by Gasteiger charge is -2.28. The summed E-state index contributed by atoms with van der Waals surface area (Å²) in [5.74, 6) is 1.86. The van der Waals surface area contributed by atoms with E-state index in [4.69, 9.17) is 4.98 Å². The van der Waals surface area contributed by atoms with Gasteiger partial charge in [0, 0.05) is 61.7 Å². The van der Waals surface area contributed by atoms with E-state index in [2.05, 4.69) is 50.4 Å². The molecule has 1 aliphatic heterocycles. The van der Waals surface area contributed by atoms with E-state index in [1.807, 2.05) is 30.3 Å². The van der Waals surface area contributed by atoms with Gasteiger partial charge in [0.2, 0.25) is 5.95 Å². The van der Waals surface area contributed by atoms with Gasteiger partial charge in [-0.15, -0.1) is 6.58 Å². The predicted octanol–water partition coefficient (Wildman–Crippen LogP) is 4.88. The van der Waals surface area contributed by atoms with Crippen LogP contribution in [0.1, 0.15) is 60.1 Å². The van der Waals surface area contributed by atoms with Gasteiger partial charge in [0.15, 0.2) is 0 Å². The number of carbonyl (C=O) groups excluding carboxylic acids is 2. The van der Waals surface area contributed by atoms with Gasteiger partial charge in [-0.25, -0.2) is 9.97 Å². The van der Waals surface area contributed by atoms with Gasteiger partial charge in [-0.1, -0.05) is 19.1 Å². The number of hydrogen-bond donors (Lipinski definition) is 3.